The maximum absolute atomic E-state index is 12.7. The van der Waals surface area contributed by atoms with Crippen molar-refractivity contribution in [3.8, 4) is 6.07 Å². The Morgan fingerprint density at radius 3 is 2.83 bits per heavy atom. The minimum atomic E-state index is -4.45. The van der Waals surface area contributed by atoms with E-state index in [0.29, 0.717) is 17.7 Å². The lowest BCUT2D eigenvalue weighted by molar-refractivity contribution is -0.137. The van der Waals surface area contributed by atoms with Crippen LogP contribution in [0.4, 0.5) is 13.2 Å². The Kier molecular flexibility index (Phi) is 4.00. The van der Waals surface area contributed by atoms with Gasteiger partial charge in [-0.2, -0.15) is 18.4 Å². The van der Waals surface area contributed by atoms with E-state index < -0.39 is 17.8 Å². The third-order valence-electron chi connectivity index (χ3n) is 3.53. The first-order valence-electron chi connectivity index (χ1n) is 6.83. The molecule has 4 nitrogen and oxygen atoms in total. The minimum Gasteiger partial charge on any atom is -0.508 e. The molecule has 0 radical (unpaired) electrons. The van der Waals surface area contributed by atoms with Crippen LogP contribution in [0.2, 0.25) is 0 Å². The number of nitrogens with zero attached hydrogens (tertiary/aromatic N) is 2. The molecule has 1 aromatic carbocycles. The first kappa shape index (κ1) is 15.8. The molecule has 0 amide bonds. The fourth-order valence-electron chi connectivity index (χ4n) is 2.38. The van der Waals surface area contributed by atoms with Gasteiger partial charge in [-0.3, -0.25) is 0 Å². The Balaban J connectivity index is 2.05. The Morgan fingerprint density at radius 1 is 1.43 bits per heavy atom. The van der Waals surface area contributed by atoms with Gasteiger partial charge in [0.2, 0.25) is 0 Å². The molecule has 2 aromatic rings. The second-order valence-corrected chi connectivity index (χ2v) is 6.10. The van der Waals surface area contributed by atoms with Gasteiger partial charge in [-0.15, -0.1) is 11.3 Å². The van der Waals surface area contributed by atoms with Gasteiger partial charge in [0.1, 0.15) is 28.5 Å². The third-order valence-corrected chi connectivity index (χ3v) is 4.59. The fraction of sp³-hybridized carbons (Fsp3) is 0.333. The highest BCUT2D eigenvalue weighted by Gasteiger charge is 2.31. The summed E-state index contributed by atoms with van der Waals surface area (Å²) in [5, 5.41) is 19.7. The zero-order chi connectivity index (χ0) is 16.6. The molecule has 2 heterocycles. The number of nitriles is 1. The molecule has 0 saturated carbocycles. The lowest BCUT2D eigenvalue weighted by atomic mass is 10.1. The lowest BCUT2D eigenvalue weighted by Gasteiger charge is -2.09. The van der Waals surface area contributed by atoms with E-state index in [1.165, 1.54) is 6.07 Å². The second-order valence-electron chi connectivity index (χ2n) is 5.07. The highest BCUT2D eigenvalue weighted by atomic mass is 32.1. The molecule has 0 spiro atoms. The Morgan fingerprint density at radius 2 is 2.22 bits per heavy atom. The molecule has 1 fully saturated rings. The van der Waals surface area contributed by atoms with E-state index in [0.717, 1.165) is 29.9 Å². The lowest BCUT2D eigenvalue weighted by Crippen LogP contribution is -2.10. The Bertz CT molecular complexity index is 814. The Labute approximate surface area is 133 Å². The molecule has 23 heavy (non-hydrogen) atoms. The molecule has 1 saturated heterocycles. The number of rotatable bonds is 2. The molecule has 1 atom stereocenters. The van der Waals surface area contributed by atoms with E-state index in [1.807, 2.05) is 6.07 Å². The summed E-state index contributed by atoms with van der Waals surface area (Å²) in [6, 6.07) is 5.10. The molecule has 0 aliphatic carbocycles. The molecule has 3 rings (SSSR count). The predicted molar refractivity (Wildman–Crippen MR) is 78.8 cm³/mol. The summed E-state index contributed by atoms with van der Waals surface area (Å²) in [6.07, 6.45) is -3.63. The van der Waals surface area contributed by atoms with Crippen LogP contribution in [0.3, 0.4) is 0 Å². The van der Waals surface area contributed by atoms with Crippen molar-refractivity contribution in [2.75, 3.05) is 6.61 Å². The van der Waals surface area contributed by atoms with Crippen molar-refractivity contribution in [1.82, 2.24) is 4.98 Å². The zero-order valence-electron chi connectivity index (χ0n) is 11.7. The van der Waals surface area contributed by atoms with Gasteiger partial charge in [-0.05, 0) is 31.0 Å². The standard InChI is InChI=1S/C15H11F3N2O2S/c16-15(17,18)8-3-4-12-10(6-8)20-14(23-12)9(7-19)13(21)11-2-1-5-22-11/h3-4,6,11,21H,1-2,5H2. The number of aliphatic hydroxyl groups is 1. The monoisotopic (exact) mass is 340 g/mol. The van der Waals surface area contributed by atoms with Gasteiger partial charge in [0.25, 0.3) is 0 Å². The first-order valence-corrected chi connectivity index (χ1v) is 7.65. The summed E-state index contributed by atoms with van der Waals surface area (Å²) in [4.78, 5) is 4.07. The molecular formula is C15H11F3N2O2S. The van der Waals surface area contributed by atoms with Gasteiger partial charge in [0.05, 0.1) is 15.8 Å². The number of halogens is 3. The van der Waals surface area contributed by atoms with E-state index >= 15 is 0 Å². The van der Waals surface area contributed by atoms with Crippen molar-refractivity contribution < 1.29 is 23.0 Å². The van der Waals surface area contributed by atoms with Crippen molar-refractivity contribution in [1.29, 1.82) is 5.26 Å². The number of allylic oxidation sites excluding steroid dienone is 1. The summed E-state index contributed by atoms with van der Waals surface area (Å²) in [7, 11) is 0. The summed E-state index contributed by atoms with van der Waals surface area (Å²) in [6.45, 7) is 0.502. The van der Waals surface area contributed by atoms with Crippen molar-refractivity contribution in [2.24, 2.45) is 0 Å². The van der Waals surface area contributed by atoms with Crippen LogP contribution in [0.25, 0.3) is 15.8 Å². The van der Waals surface area contributed by atoms with Crippen LogP contribution in [-0.2, 0) is 10.9 Å². The van der Waals surface area contributed by atoms with Crippen LogP contribution in [-0.4, -0.2) is 22.8 Å². The number of ether oxygens (including phenoxy) is 1. The average molecular weight is 340 g/mol. The number of aliphatic hydroxyl groups excluding tert-OH is 1. The van der Waals surface area contributed by atoms with Gasteiger partial charge in [0, 0.05) is 6.61 Å². The highest BCUT2D eigenvalue weighted by Crippen LogP contribution is 2.35. The molecular weight excluding hydrogens is 329 g/mol. The third kappa shape index (κ3) is 3.02. The van der Waals surface area contributed by atoms with Crippen molar-refractivity contribution in [3.63, 3.8) is 0 Å². The van der Waals surface area contributed by atoms with Crippen LogP contribution in [0.1, 0.15) is 23.4 Å². The van der Waals surface area contributed by atoms with Crippen LogP contribution < -0.4 is 0 Å². The summed E-state index contributed by atoms with van der Waals surface area (Å²) in [5.41, 5.74) is -0.702. The molecule has 8 heteroatoms. The van der Waals surface area contributed by atoms with E-state index in [1.54, 1.807) is 0 Å². The van der Waals surface area contributed by atoms with Crippen LogP contribution in [0.5, 0.6) is 0 Å². The SMILES string of the molecule is N#CC(=C(O)C1CCCO1)c1nc2cc(C(F)(F)F)ccc2s1. The molecule has 1 aliphatic heterocycles. The summed E-state index contributed by atoms with van der Waals surface area (Å²) in [5.74, 6) is -0.208. The van der Waals surface area contributed by atoms with Crippen molar-refractivity contribution in [2.45, 2.75) is 25.1 Å². The van der Waals surface area contributed by atoms with Crippen LogP contribution in [0, 0.1) is 11.3 Å². The topological polar surface area (TPSA) is 66.1 Å². The van der Waals surface area contributed by atoms with Crippen molar-refractivity contribution >= 4 is 27.1 Å². The largest absolute Gasteiger partial charge is 0.508 e. The summed E-state index contributed by atoms with van der Waals surface area (Å²) < 4.78 is 44.1. The molecule has 1 N–H and O–H groups in total. The molecule has 0 bridgehead atoms. The fourth-order valence-corrected chi connectivity index (χ4v) is 3.33. The van der Waals surface area contributed by atoms with Crippen LogP contribution in [0.15, 0.2) is 24.0 Å². The van der Waals surface area contributed by atoms with E-state index in [4.69, 9.17) is 4.74 Å². The first-order chi connectivity index (χ1) is 10.9. The quantitative estimate of drug-likeness (QED) is 0.654. The number of aromatic nitrogens is 1. The normalized spacial score (nSPS) is 19.7. The number of hydrogen-bond donors (Lipinski definition) is 1. The van der Waals surface area contributed by atoms with E-state index in [2.05, 4.69) is 4.98 Å². The van der Waals surface area contributed by atoms with Crippen LogP contribution >= 0.6 is 11.3 Å². The number of hydrogen-bond acceptors (Lipinski definition) is 5. The number of alkyl halides is 3. The van der Waals surface area contributed by atoms with Crippen molar-refractivity contribution in [3.05, 3.63) is 34.5 Å². The number of fused-ring (bicyclic) bond motifs is 1. The van der Waals surface area contributed by atoms with E-state index in [9.17, 15) is 23.5 Å². The maximum Gasteiger partial charge on any atom is 0.416 e. The smallest absolute Gasteiger partial charge is 0.416 e. The van der Waals surface area contributed by atoms with Gasteiger partial charge >= 0.3 is 6.18 Å². The molecule has 1 aliphatic rings. The Hall–Kier alpha value is -2.11. The van der Waals surface area contributed by atoms with Gasteiger partial charge in [-0.1, -0.05) is 0 Å². The second kappa shape index (κ2) is 5.83. The highest BCUT2D eigenvalue weighted by molar-refractivity contribution is 7.19. The minimum absolute atomic E-state index is 0.0494. The zero-order valence-corrected chi connectivity index (χ0v) is 12.5. The number of thiazole rings is 1. The average Bonchev–Trinajstić information content (AvgIpc) is 3.15. The van der Waals surface area contributed by atoms with Gasteiger partial charge in [0.15, 0.2) is 0 Å². The predicted octanol–water partition coefficient (Wildman–Crippen LogP) is 4.29. The molecule has 1 unspecified atom stereocenters. The van der Waals surface area contributed by atoms with E-state index in [-0.39, 0.29) is 21.9 Å². The summed E-state index contributed by atoms with van der Waals surface area (Å²) >= 11 is 1.06. The number of benzene rings is 1. The maximum atomic E-state index is 12.7. The van der Waals surface area contributed by atoms with Gasteiger partial charge in [-0.25, -0.2) is 4.98 Å². The molecule has 120 valence electrons. The van der Waals surface area contributed by atoms with Gasteiger partial charge < -0.3 is 9.84 Å². The molecule has 1 aromatic heterocycles.